The maximum atomic E-state index is 11.9. The Bertz CT molecular complexity index is 419. The van der Waals surface area contributed by atoms with Gasteiger partial charge >= 0.3 is 0 Å². The van der Waals surface area contributed by atoms with Crippen LogP contribution in [0.4, 0.5) is 0 Å². The second-order valence-corrected chi connectivity index (χ2v) is 6.89. The van der Waals surface area contributed by atoms with E-state index in [0.717, 1.165) is 6.42 Å². The normalized spacial score (nSPS) is 44.0. The first-order valence-electron chi connectivity index (χ1n) is 7.45. The van der Waals surface area contributed by atoms with Crippen molar-refractivity contribution in [2.24, 2.45) is 17.3 Å². The zero-order valence-corrected chi connectivity index (χ0v) is 12.8. The van der Waals surface area contributed by atoms with E-state index in [0.29, 0.717) is 6.61 Å². The van der Waals surface area contributed by atoms with E-state index >= 15 is 0 Å². The summed E-state index contributed by atoms with van der Waals surface area (Å²) in [6.45, 7) is 8.24. The molecule has 0 unspecified atom stereocenters. The van der Waals surface area contributed by atoms with Gasteiger partial charge in [-0.25, -0.2) is 0 Å². The van der Waals surface area contributed by atoms with Gasteiger partial charge in [0.1, 0.15) is 6.10 Å². The highest BCUT2D eigenvalue weighted by molar-refractivity contribution is 5.86. The van der Waals surface area contributed by atoms with Crippen molar-refractivity contribution in [1.29, 1.82) is 0 Å². The summed E-state index contributed by atoms with van der Waals surface area (Å²) in [4.78, 5) is 11.9. The first kappa shape index (κ1) is 15.7. The van der Waals surface area contributed by atoms with E-state index < -0.39 is 23.2 Å². The first-order chi connectivity index (χ1) is 9.24. The van der Waals surface area contributed by atoms with E-state index in [4.69, 9.17) is 4.74 Å². The smallest absolute Gasteiger partial charge is 0.164 e. The maximum absolute atomic E-state index is 11.9. The lowest BCUT2D eigenvalue weighted by Crippen LogP contribution is -2.53. The highest BCUT2D eigenvalue weighted by Gasteiger charge is 2.62. The number of fused-ring (bicyclic) bond motifs is 2. The van der Waals surface area contributed by atoms with Crippen molar-refractivity contribution in [1.82, 2.24) is 0 Å². The fourth-order valence-electron chi connectivity index (χ4n) is 3.50. The molecule has 1 aliphatic heterocycles. The lowest BCUT2D eigenvalue weighted by Gasteiger charge is -2.42. The summed E-state index contributed by atoms with van der Waals surface area (Å²) in [5, 5.41) is 20.3. The predicted molar refractivity (Wildman–Crippen MR) is 76.2 cm³/mol. The summed E-state index contributed by atoms with van der Waals surface area (Å²) in [6.07, 6.45) is 3.40. The van der Waals surface area contributed by atoms with Gasteiger partial charge in [-0.2, -0.15) is 0 Å². The molecule has 114 valence electrons. The minimum atomic E-state index is -0.978. The molecule has 2 rings (SSSR count). The Kier molecular flexibility index (Phi) is 4.11. The minimum Gasteiger partial charge on any atom is -0.389 e. The Hall–Kier alpha value is -0.710. The van der Waals surface area contributed by atoms with Crippen LogP contribution in [0.3, 0.4) is 0 Å². The number of carbonyl (C=O) groups excluding carboxylic acids is 1. The fourth-order valence-corrected chi connectivity index (χ4v) is 3.50. The molecule has 2 aliphatic rings. The average Bonchev–Trinajstić information content (AvgIpc) is 2.62. The molecule has 0 aromatic heterocycles. The topological polar surface area (TPSA) is 66.8 Å². The maximum Gasteiger partial charge on any atom is 0.164 e. The van der Waals surface area contributed by atoms with E-state index in [-0.39, 0.29) is 24.0 Å². The molecule has 0 amide bonds. The number of hydrogen-bond acceptors (Lipinski definition) is 4. The SMILES string of the molecule is CC[C@H](C)[C@@H](O)/C=C/[C@@H]1[C@]2(C)CO[C@@]1(C)CC(=O)[C@H]2O. The van der Waals surface area contributed by atoms with Crippen LogP contribution in [0.2, 0.25) is 0 Å². The van der Waals surface area contributed by atoms with Gasteiger partial charge in [-0.3, -0.25) is 4.79 Å². The summed E-state index contributed by atoms with van der Waals surface area (Å²) in [7, 11) is 0. The molecular weight excluding hydrogens is 256 g/mol. The molecule has 4 heteroatoms. The molecule has 6 atom stereocenters. The third-order valence-corrected chi connectivity index (χ3v) is 5.26. The highest BCUT2D eigenvalue weighted by atomic mass is 16.5. The zero-order valence-electron chi connectivity index (χ0n) is 12.8. The Morgan fingerprint density at radius 2 is 2.15 bits per heavy atom. The lowest BCUT2D eigenvalue weighted by atomic mass is 9.61. The van der Waals surface area contributed by atoms with Crippen molar-refractivity contribution in [2.75, 3.05) is 6.61 Å². The van der Waals surface area contributed by atoms with Crippen LogP contribution in [0, 0.1) is 17.3 Å². The number of hydrogen-bond donors (Lipinski definition) is 2. The molecular formula is C16H26O4. The van der Waals surface area contributed by atoms with Gasteiger partial charge in [0.05, 0.1) is 18.3 Å². The second kappa shape index (κ2) is 5.24. The van der Waals surface area contributed by atoms with Crippen molar-refractivity contribution in [2.45, 2.75) is 58.3 Å². The molecule has 0 aromatic rings. The summed E-state index contributed by atoms with van der Waals surface area (Å²) in [5.41, 5.74) is -1.15. The summed E-state index contributed by atoms with van der Waals surface area (Å²) in [5.74, 6) is 0.00149. The van der Waals surface area contributed by atoms with Crippen molar-refractivity contribution in [3.63, 3.8) is 0 Å². The van der Waals surface area contributed by atoms with Gasteiger partial charge in [-0.15, -0.1) is 0 Å². The molecule has 1 saturated carbocycles. The molecule has 2 bridgehead atoms. The monoisotopic (exact) mass is 282 g/mol. The van der Waals surface area contributed by atoms with Gasteiger partial charge in [0.2, 0.25) is 0 Å². The average molecular weight is 282 g/mol. The number of aliphatic hydroxyl groups is 2. The van der Waals surface area contributed by atoms with E-state index in [1.54, 1.807) is 6.08 Å². The van der Waals surface area contributed by atoms with E-state index in [1.807, 2.05) is 33.8 Å². The van der Waals surface area contributed by atoms with Crippen LogP contribution in [0.1, 0.15) is 40.5 Å². The van der Waals surface area contributed by atoms with Crippen molar-refractivity contribution < 1.29 is 19.7 Å². The van der Waals surface area contributed by atoms with Gasteiger partial charge in [-0.1, -0.05) is 39.3 Å². The molecule has 0 radical (unpaired) electrons. The van der Waals surface area contributed by atoms with Gasteiger partial charge in [0.25, 0.3) is 0 Å². The van der Waals surface area contributed by atoms with Crippen LogP contribution in [0.15, 0.2) is 12.2 Å². The summed E-state index contributed by atoms with van der Waals surface area (Å²) in [6, 6.07) is 0. The van der Waals surface area contributed by atoms with E-state index in [2.05, 4.69) is 0 Å². The largest absolute Gasteiger partial charge is 0.389 e. The Morgan fingerprint density at radius 3 is 2.75 bits per heavy atom. The number of aliphatic hydroxyl groups excluding tert-OH is 2. The van der Waals surface area contributed by atoms with Crippen LogP contribution in [-0.4, -0.2) is 40.4 Å². The van der Waals surface area contributed by atoms with Gasteiger partial charge in [-0.05, 0) is 12.8 Å². The lowest BCUT2D eigenvalue weighted by molar-refractivity contribution is -0.142. The fraction of sp³-hybridized carbons (Fsp3) is 0.812. The minimum absolute atomic E-state index is 0.0543. The standard InChI is InChI=1S/C16H26O4/c1-5-10(2)11(17)6-7-13-15(3)9-20-16(13,4)8-12(18)14(15)19/h6-7,10-11,13-14,17,19H,5,8-9H2,1-4H3/b7-6+/t10-,11-,13+,14+,15-,16-/m0/s1. The molecule has 20 heavy (non-hydrogen) atoms. The third-order valence-electron chi connectivity index (χ3n) is 5.26. The Balaban J connectivity index is 2.23. The Morgan fingerprint density at radius 1 is 1.50 bits per heavy atom. The number of Topliss-reactive ketones (excluding diaryl/α,β-unsaturated/α-hetero) is 1. The van der Waals surface area contributed by atoms with Crippen LogP contribution in [0.25, 0.3) is 0 Å². The second-order valence-electron chi connectivity index (χ2n) is 6.89. The molecule has 1 aliphatic carbocycles. The zero-order chi connectivity index (χ0) is 15.1. The molecule has 1 saturated heterocycles. The first-order valence-corrected chi connectivity index (χ1v) is 7.45. The third kappa shape index (κ3) is 2.34. The van der Waals surface area contributed by atoms with Gasteiger partial charge in [0, 0.05) is 17.8 Å². The highest BCUT2D eigenvalue weighted by Crippen LogP contribution is 2.53. The number of carbonyl (C=O) groups is 1. The van der Waals surface area contributed by atoms with Crippen LogP contribution >= 0.6 is 0 Å². The quantitative estimate of drug-likeness (QED) is 0.770. The molecule has 0 spiro atoms. The number of ketones is 1. The van der Waals surface area contributed by atoms with Crippen molar-refractivity contribution >= 4 is 5.78 Å². The molecule has 0 aromatic carbocycles. The summed E-state index contributed by atoms with van der Waals surface area (Å²) < 4.78 is 5.83. The molecule has 2 fully saturated rings. The number of rotatable bonds is 4. The summed E-state index contributed by atoms with van der Waals surface area (Å²) >= 11 is 0. The van der Waals surface area contributed by atoms with Gasteiger partial charge < -0.3 is 14.9 Å². The Labute approximate surface area is 120 Å². The van der Waals surface area contributed by atoms with E-state index in [1.165, 1.54) is 0 Å². The molecule has 1 heterocycles. The molecule has 4 nitrogen and oxygen atoms in total. The van der Waals surface area contributed by atoms with Crippen LogP contribution in [0.5, 0.6) is 0 Å². The number of ether oxygens (including phenoxy) is 1. The van der Waals surface area contributed by atoms with Crippen molar-refractivity contribution in [3.8, 4) is 0 Å². The van der Waals surface area contributed by atoms with Crippen LogP contribution < -0.4 is 0 Å². The van der Waals surface area contributed by atoms with E-state index in [9.17, 15) is 15.0 Å². The van der Waals surface area contributed by atoms with Crippen molar-refractivity contribution in [3.05, 3.63) is 12.2 Å². The van der Waals surface area contributed by atoms with Gasteiger partial charge in [0.15, 0.2) is 5.78 Å². The molecule has 2 N–H and O–H groups in total. The predicted octanol–water partition coefficient (Wildman–Crippen LogP) is 1.69. The van der Waals surface area contributed by atoms with Crippen LogP contribution in [-0.2, 0) is 9.53 Å².